The predicted octanol–water partition coefficient (Wildman–Crippen LogP) is 3.92. The van der Waals surface area contributed by atoms with Gasteiger partial charge in [0.25, 0.3) is 0 Å². The Bertz CT molecular complexity index is 314. The Hall–Kier alpha value is -0.563. The summed E-state index contributed by atoms with van der Waals surface area (Å²) in [6.07, 6.45) is 1.19. The van der Waals surface area contributed by atoms with E-state index < -0.39 is 8.07 Å². The molecule has 0 amide bonds. The van der Waals surface area contributed by atoms with Crippen LogP contribution in [0, 0.1) is 0 Å². The zero-order valence-corrected chi connectivity index (χ0v) is 12.0. The maximum Gasteiger partial charge on any atom is 0.0775 e. The van der Waals surface area contributed by atoms with Crippen molar-refractivity contribution in [2.45, 2.75) is 52.2 Å². The van der Waals surface area contributed by atoms with E-state index in [0.29, 0.717) is 5.41 Å². The first kappa shape index (κ1) is 12.5. The van der Waals surface area contributed by atoms with Crippen molar-refractivity contribution in [3.63, 3.8) is 0 Å². The molecule has 0 atom stereocenters. The van der Waals surface area contributed by atoms with Crippen molar-refractivity contribution < 1.29 is 0 Å². The molecule has 0 aliphatic heterocycles. The Kier molecular flexibility index (Phi) is 3.44. The molecule has 0 spiro atoms. The van der Waals surface area contributed by atoms with Crippen LogP contribution in [0.3, 0.4) is 0 Å². The van der Waals surface area contributed by atoms with Crippen molar-refractivity contribution in [2.24, 2.45) is 0 Å². The maximum absolute atomic E-state index is 2.40. The molecule has 0 saturated carbocycles. The van der Waals surface area contributed by atoms with E-state index in [4.69, 9.17) is 0 Å². The molecule has 0 aliphatic carbocycles. The van der Waals surface area contributed by atoms with Gasteiger partial charge in [0.2, 0.25) is 0 Å². The van der Waals surface area contributed by atoms with Crippen molar-refractivity contribution in [1.82, 2.24) is 0 Å². The Labute approximate surface area is 95.7 Å². The minimum atomic E-state index is -1.13. The third-order valence-corrected chi connectivity index (χ3v) is 5.48. The summed E-state index contributed by atoms with van der Waals surface area (Å²) in [5.41, 5.74) is 1.78. The highest BCUT2D eigenvalue weighted by Crippen LogP contribution is 2.25. The van der Waals surface area contributed by atoms with Crippen LogP contribution in [0.15, 0.2) is 24.3 Å². The minimum Gasteiger partial charge on any atom is -0.0656 e. The Balaban J connectivity index is 3.01. The summed E-state index contributed by atoms with van der Waals surface area (Å²) in [6, 6.07) is 9.30. The summed E-state index contributed by atoms with van der Waals surface area (Å²) >= 11 is 0. The molecule has 0 fully saturated rings. The average molecular weight is 220 g/mol. The molecule has 0 N–H and O–H groups in total. The van der Waals surface area contributed by atoms with E-state index in [2.05, 4.69) is 64.7 Å². The molecule has 0 heterocycles. The van der Waals surface area contributed by atoms with E-state index in [-0.39, 0.29) is 0 Å². The van der Waals surface area contributed by atoms with Gasteiger partial charge in [-0.1, -0.05) is 69.9 Å². The monoisotopic (exact) mass is 220 g/mol. The first-order chi connectivity index (χ1) is 6.77. The van der Waals surface area contributed by atoms with Gasteiger partial charge >= 0.3 is 0 Å². The minimum absolute atomic E-state index is 0.317. The molecule has 0 bridgehead atoms. The number of hydrogen-bond donors (Lipinski definition) is 0. The van der Waals surface area contributed by atoms with Crippen LogP contribution in [0.2, 0.25) is 19.6 Å². The highest BCUT2D eigenvalue weighted by molar-refractivity contribution is 6.88. The molecule has 1 aromatic carbocycles. The van der Waals surface area contributed by atoms with Crippen LogP contribution >= 0.6 is 0 Å². The molecule has 15 heavy (non-hydrogen) atoms. The number of benzene rings is 1. The summed E-state index contributed by atoms with van der Waals surface area (Å²) in [4.78, 5) is 0. The smallest absolute Gasteiger partial charge is 0.0656 e. The zero-order chi connectivity index (χ0) is 11.7. The van der Waals surface area contributed by atoms with Gasteiger partial charge in [0.15, 0.2) is 0 Å². The van der Waals surface area contributed by atoms with E-state index in [1.165, 1.54) is 12.0 Å². The lowest BCUT2D eigenvalue weighted by molar-refractivity contribution is 0.506. The van der Waals surface area contributed by atoms with E-state index in [1.54, 1.807) is 5.19 Å². The van der Waals surface area contributed by atoms with Crippen molar-refractivity contribution in [3.8, 4) is 0 Å². The van der Waals surface area contributed by atoms with Gasteiger partial charge in [-0.2, -0.15) is 0 Å². The standard InChI is InChI=1S/C14H24Si/c1-7-14(2,3)12-8-10-13(11-9-12)15(4,5)6/h8-11H,7H2,1-6H3. The lowest BCUT2D eigenvalue weighted by Gasteiger charge is -2.25. The molecular weight excluding hydrogens is 196 g/mol. The van der Waals surface area contributed by atoms with Crippen LogP contribution < -0.4 is 5.19 Å². The van der Waals surface area contributed by atoms with Crippen LogP contribution in [-0.2, 0) is 5.41 Å². The Morgan fingerprint density at radius 2 is 1.47 bits per heavy atom. The summed E-state index contributed by atoms with van der Waals surface area (Å²) in [7, 11) is -1.13. The summed E-state index contributed by atoms with van der Waals surface area (Å²) in [5, 5.41) is 1.55. The molecule has 1 heteroatoms. The molecular formula is C14H24Si. The van der Waals surface area contributed by atoms with Crippen LogP contribution in [-0.4, -0.2) is 8.07 Å². The van der Waals surface area contributed by atoms with Crippen LogP contribution in [0.5, 0.6) is 0 Å². The fourth-order valence-electron chi connectivity index (χ4n) is 1.63. The normalized spacial score (nSPS) is 12.9. The molecule has 1 aromatic rings. The fourth-order valence-corrected chi connectivity index (χ4v) is 2.79. The van der Waals surface area contributed by atoms with Gasteiger partial charge in [0, 0.05) is 0 Å². The lowest BCUT2D eigenvalue weighted by Crippen LogP contribution is -2.37. The van der Waals surface area contributed by atoms with Crippen molar-refractivity contribution in [2.75, 3.05) is 0 Å². The Morgan fingerprint density at radius 3 is 1.80 bits per heavy atom. The van der Waals surface area contributed by atoms with E-state index in [1.807, 2.05) is 0 Å². The number of hydrogen-bond acceptors (Lipinski definition) is 0. The van der Waals surface area contributed by atoms with E-state index in [0.717, 1.165) is 0 Å². The van der Waals surface area contributed by atoms with Crippen molar-refractivity contribution >= 4 is 13.3 Å². The summed E-state index contributed by atoms with van der Waals surface area (Å²) < 4.78 is 0. The third-order valence-electron chi connectivity index (χ3n) is 3.42. The van der Waals surface area contributed by atoms with Gasteiger partial charge in [0.1, 0.15) is 0 Å². The maximum atomic E-state index is 2.40. The largest absolute Gasteiger partial charge is 0.0775 e. The highest BCUT2D eigenvalue weighted by Gasteiger charge is 2.20. The molecule has 0 radical (unpaired) electrons. The molecule has 0 nitrogen and oxygen atoms in total. The van der Waals surface area contributed by atoms with Gasteiger partial charge in [-0.15, -0.1) is 0 Å². The molecule has 0 aliphatic rings. The van der Waals surface area contributed by atoms with E-state index in [9.17, 15) is 0 Å². The van der Waals surface area contributed by atoms with Gasteiger partial charge in [-0.05, 0) is 17.4 Å². The second-order valence-corrected chi connectivity index (χ2v) is 11.1. The zero-order valence-electron chi connectivity index (χ0n) is 11.0. The van der Waals surface area contributed by atoms with Gasteiger partial charge in [-0.3, -0.25) is 0 Å². The average Bonchev–Trinajstić information content (AvgIpc) is 2.17. The summed E-state index contributed by atoms with van der Waals surface area (Å²) in [5.74, 6) is 0. The van der Waals surface area contributed by atoms with Gasteiger partial charge in [-0.25, -0.2) is 0 Å². The highest BCUT2D eigenvalue weighted by atomic mass is 28.3. The second-order valence-electron chi connectivity index (χ2n) is 6.06. The quantitative estimate of drug-likeness (QED) is 0.677. The molecule has 0 saturated heterocycles. The third kappa shape index (κ3) is 2.94. The van der Waals surface area contributed by atoms with Gasteiger partial charge in [0.05, 0.1) is 8.07 Å². The summed E-state index contributed by atoms with van der Waals surface area (Å²) in [6.45, 7) is 14.1. The number of rotatable bonds is 3. The van der Waals surface area contributed by atoms with Crippen LogP contribution in [0.1, 0.15) is 32.8 Å². The first-order valence-corrected chi connectivity index (χ1v) is 9.38. The first-order valence-electron chi connectivity index (χ1n) is 5.88. The fraction of sp³-hybridized carbons (Fsp3) is 0.571. The molecule has 0 unspecified atom stereocenters. The Morgan fingerprint density at radius 1 is 1.00 bits per heavy atom. The molecule has 84 valence electrons. The van der Waals surface area contributed by atoms with Gasteiger partial charge < -0.3 is 0 Å². The molecule has 0 aromatic heterocycles. The van der Waals surface area contributed by atoms with E-state index >= 15 is 0 Å². The second kappa shape index (κ2) is 4.13. The lowest BCUT2D eigenvalue weighted by atomic mass is 9.82. The van der Waals surface area contributed by atoms with Crippen LogP contribution in [0.25, 0.3) is 0 Å². The topological polar surface area (TPSA) is 0 Å². The van der Waals surface area contributed by atoms with Crippen molar-refractivity contribution in [3.05, 3.63) is 29.8 Å². The molecule has 1 rings (SSSR count). The van der Waals surface area contributed by atoms with Crippen LogP contribution in [0.4, 0.5) is 0 Å². The predicted molar refractivity (Wildman–Crippen MR) is 72.7 cm³/mol. The SMILES string of the molecule is CCC(C)(C)c1ccc([Si](C)(C)C)cc1. The van der Waals surface area contributed by atoms with Crippen molar-refractivity contribution in [1.29, 1.82) is 0 Å².